The quantitative estimate of drug-likeness (QED) is 0.586. The number of hydrogen-bond acceptors (Lipinski definition) is 6. The van der Waals surface area contributed by atoms with Gasteiger partial charge in [-0.15, -0.1) is 11.6 Å². The lowest BCUT2D eigenvalue weighted by Crippen LogP contribution is -2.77. The van der Waals surface area contributed by atoms with Crippen LogP contribution in [0.5, 0.6) is 11.5 Å². The Balaban J connectivity index is 1.61. The summed E-state index contributed by atoms with van der Waals surface area (Å²) >= 11 is 5.66. The highest BCUT2D eigenvalue weighted by molar-refractivity contribution is 6.17. The van der Waals surface area contributed by atoms with E-state index in [1.54, 1.807) is 17.0 Å². The van der Waals surface area contributed by atoms with Crippen LogP contribution in [-0.2, 0) is 21.4 Å². The molecule has 4 atom stereocenters. The highest BCUT2D eigenvalue weighted by Gasteiger charge is 2.73. The Morgan fingerprint density at radius 3 is 3.00 bits per heavy atom. The van der Waals surface area contributed by atoms with Gasteiger partial charge in [-0.25, -0.2) is 4.79 Å². The Morgan fingerprint density at radius 1 is 1.39 bits per heavy atom. The van der Waals surface area contributed by atoms with E-state index < -0.39 is 29.3 Å². The van der Waals surface area contributed by atoms with Crippen molar-refractivity contribution in [3.8, 4) is 11.5 Å². The van der Waals surface area contributed by atoms with Crippen LogP contribution in [0.3, 0.4) is 0 Å². The molecule has 1 spiro atoms. The molecule has 2 N–H and O–H groups in total. The van der Waals surface area contributed by atoms with Crippen molar-refractivity contribution in [2.24, 2.45) is 0 Å². The molecule has 1 aromatic carbocycles. The predicted molar refractivity (Wildman–Crippen MR) is 98.9 cm³/mol. The number of likely N-dealkylation sites (tertiary alicyclic amines) is 1. The first-order valence-electron chi connectivity index (χ1n) is 9.70. The minimum atomic E-state index is -1.30. The molecule has 2 aliphatic heterocycles. The lowest BCUT2D eigenvalue weighted by atomic mass is 9.49. The average molecular weight is 408 g/mol. The van der Waals surface area contributed by atoms with Gasteiger partial charge in [-0.05, 0) is 37.3 Å². The van der Waals surface area contributed by atoms with Gasteiger partial charge in [0.1, 0.15) is 0 Å². The van der Waals surface area contributed by atoms with Gasteiger partial charge >= 0.3 is 6.09 Å². The summed E-state index contributed by atoms with van der Waals surface area (Å²) < 4.78 is 11.3. The number of ketones is 1. The number of phenolic OH excluding ortho intramolecular Hbond substituents is 1. The first-order valence-corrected chi connectivity index (χ1v) is 10.2. The van der Waals surface area contributed by atoms with Crippen LogP contribution in [0.2, 0.25) is 0 Å². The van der Waals surface area contributed by atoms with Crippen LogP contribution in [0.1, 0.15) is 36.8 Å². The third-order valence-electron chi connectivity index (χ3n) is 7.00. The van der Waals surface area contributed by atoms with E-state index in [1.165, 1.54) is 0 Å². The zero-order chi connectivity index (χ0) is 19.7. The Morgan fingerprint density at radius 2 is 2.21 bits per heavy atom. The number of aromatic hydroxyl groups is 1. The zero-order valence-corrected chi connectivity index (χ0v) is 16.1. The third-order valence-corrected chi connectivity index (χ3v) is 7.26. The number of alkyl halides is 1. The van der Waals surface area contributed by atoms with Crippen LogP contribution < -0.4 is 4.74 Å². The molecule has 5 rings (SSSR count). The highest BCUT2D eigenvalue weighted by atomic mass is 35.5. The molecule has 2 fully saturated rings. The molecule has 0 aromatic heterocycles. The molecule has 4 aliphatic rings. The van der Waals surface area contributed by atoms with E-state index in [9.17, 15) is 19.8 Å². The number of benzene rings is 1. The standard InChI is InChI=1S/C20H22ClNO6/c21-7-1-9-27-18(25)22-8-6-19-15-11-2-3-12(23)16(15)28-17(19)13(24)4-5-20(19,26)14(22)10-11/h2-3,14,17,23,26H,1,4-10H2/t14-,17+,19+,20?/m1/s1. The van der Waals surface area contributed by atoms with Crippen molar-refractivity contribution in [1.29, 1.82) is 0 Å². The van der Waals surface area contributed by atoms with Gasteiger partial charge in [-0.3, -0.25) is 4.79 Å². The molecular formula is C20H22ClNO6. The van der Waals surface area contributed by atoms with Crippen LogP contribution in [0, 0.1) is 0 Å². The summed E-state index contributed by atoms with van der Waals surface area (Å²) in [5.41, 5.74) is -0.583. The van der Waals surface area contributed by atoms with E-state index in [1.807, 2.05) is 0 Å². The van der Waals surface area contributed by atoms with Crippen molar-refractivity contribution in [2.45, 2.75) is 55.3 Å². The Labute approximate surface area is 167 Å². The second-order valence-corrected chi connectivity index (χ2v) is 8.51. The first kappa shape index (κ1) is 18.1. The lowest BCUT2D eigenvalue weighted by Gasteiger charge is -2.61. The first-order chi connectivity index (χ1) is 13.4. The van der Waals surface area contributed by atoms with Crippen molar-refractivity contribution >= 4 is 23.5 Å². The smallest absolute Gasteiger partial charge is 0.410 e. The molecule has 2 aliphatic carbocycles. The molecule has 150 valence electrons. The maximum atomic E-state index is 12.7. The van der Waals surface area contributed by atoms with Crippen molar-refractivity contribution in [3.63, 3.8) is 0 Å². The van der Waals surface area contributed by atoms with Crippen LogP contribution in [0.4, 0.5) is 4.79 Å². The van der Waals surface area contributed by atoms with Gasteiger partial charge in [0.25, 0.3) is 0 Å². The second-order valence-electron chi connectivity index (χ2n) is 8.13. The molecule has 1 saturated heterocycles. The van der Waals surface area contributed by atoms with Gasteiger partial charge in [-0.2, -0.15) is 0 Å². The number of nitrogens with zero attached hydrogens (tertiary/aromatic N) is 1. The minimum absolute atomic E-state index is 0.0148. The number of aliphatic hydroxyl groups is 1. The normalized spacial score (nSPS) is 34.6. The van der Waals surface area contributed by atoms with Crippen LogP contribution in [0.25, 0.3) is 0 Å². The van der Waals surface area contributed by atoms with E-state index in [2.05, 4.69) is 0 Å². The summed E-state index contributed by atoms with van der Waals surface area (Å²) in [6.07, 6.45) is 0.518. The SMILES string of the molecule is O=C1CCC2(O)[C@H]3Cc4ccc(O)c5c4[C@@]2(CCN3C(=O)OCCCCl)[C@H]1O5. The summed E-state index contributed by atoms with van der Waals surface area (Å²) in [6, 6.07) is 2.85. The maximum absolute atomic E-state index is 12.7. The molecule has 7 nitrogen and oxygen atoms in total. The number of amides is 1. The van der Waals surface area contributed by atoms with E-state index >= 15 is 0 Å². The van der Waals surface area contributed by atoms with E-state index in [-0.39, 0.29) is 31.0 Å². The van der Waals surface area contributed by atoms with E-state index in [0.29, 0.717) is 37.4 Å². The molecule has 0 radical (unpaired) electrons. The Hall–Kier alpha value is -1.99. The summed E-state index contributed by atoms with van der Waals surface area (Å²) in [5, 5.41) is 22.3. The molecule has 1 unspecified atom stereocenters. The van der Waals surface area contributed by atoms with Crippen molar-refractivity contribution in [3.05, 3.63) is 23.3 Å². The van der Waals surface area contributed by atoms with Crippen molar-refractivity contribution < 1.29 is 29.3 Å². The summed E-state index contributed by atoms with van der Waals surface area (Å²) in [4.78, 5) is 27.0. The molecule has 1 saturated carbocycles. The summed E-state index contributed by atoms with van der Waals surface area (Å²) in [7, 11) is 0. The largest absolute Gasteiger partial charge is 0.504 e. The number of piperidine rings is 1. The number of rotatable bonds is 3. The Bertz CT molecular complexity index is 874. The van der Waals surface area contributed by atoms with Crippen molar-refractivity contribution in [2.75, 3.05) is 19.0 Å². The highest BCUT2D eigenvalue weighted by Crippen LogP contribution is 2.64. The monoisotopic (exact) mass is 407 g/mol. The molecule has 2 heterocycles. The number of ether oxygens (including phenoxy) is 2. The molecule has 8 heteroatoms. The predicted octanol–water partition coefficient (Wildman–Crippen LogP) is 1.88. The number of hydrogen-bond donors (Lipinski definition) is 2. The molecule has 1 amide bonds. The average Bonchev–Trinajstić information content (AvgIpc) is 3.02. The topological polar surface area (TPSA) is 96.3 Å². The zero-order valence-electron chi connectivity index (χ0n) is 15.3. The summed E-state index contributed by atoms with van der Waals surface area (Å²) in [6.45, 7) is 0.586. The van der Waals surface area contributed by atoms with Gasteiger partial charge in [0.05, 0.1) is 23.7 Å². The fourth-order valence-corrected chi connectivity index (χ4v) is 5.95. The number of Topliss-reactive ketones (excluding diaryl/α,β-unsaturated/α-hetero) is 1. The van der Waals surface area contributed by atoms with Gasteiger partial charge in [0.15, 0.2) is 23.4 Å². The van der Waals surface area contributed by atoms with E-state index in [0.717, 1.165) is 11.1 Å². The lowest BCUT2D eigenvalue weighted by molar-refractivity contribution is -0.183. The molecule has 28 heavy (non-hydrogen) atoms. The maximum Gasteiger partial charge on any atom is 0.410 e. The molecular weight excluding hydrogens is 386 g/mol. The number of halogens is 1. The van der Waals surface area contributed by atoms with Gasteiger partial charge in [-0.1, -0.05) is 6.07 Å². The fourth-order valence-electron chi connectivity index (χ4n) is 5.84. The molecule has 1 aromatic rings. The second kappa shape index (κ2) is 6.00. The van der Waals surface area contributed by atoms with Gasteiger partial charge < -0.3 is 24.6 Å². The minimum Gasteiger partial charge on any atom is -0.504 e. The van der Waals surface area contributed by atoms with Crippen LogP contribution in [-0.4, -0.2) is 63.8 Å². The van der Waals surface area contributed by atoms with Gasteiger partial charge in [0, 0.05) is 24.4 Å². The number of phenols is 1. The molecule has 2 bridgehead atoms. The van der Waals surface area contributed by atoms with E-state index in [4.69, 9.17) is 21.1 Å². The van der Waals surface area contributed by atoms with Crippen LogP contribution >= 0.6 is 11.6 Å². The van der Waals surface area contributed by atoms with Crippen molar-refractivity contribution in [1.82, 2.24) is 4.90 Å². The third kappa shape index (κ3) is 2.04. The summed E-state index contributed by atoms with van der Waals surface area (Å²) in [5.74, 6) is 0.640. The fraction of sp³-hybridized carbons (Fsp3) is 0.600. The van der Waals surface area contributed by atoms with Crippen LogP contribution in [0.15, 0.2) is 12.1 Å². The van der Waals surface area contributed by atoms with Gasteiger partial charge in [0.2, 0.25) is 0 Å². The number of carbonyl (C=O) groups excluding carboxylic acids is 2. The Kier molecular flexibility index (Phi) is 3.87. The number of carbonyl (C=O) groups is 2.